The zero-order chi connectivity index (χ0) is 13.9. The molecule has 0 aliphatic heterocycles. The van der Waals surface area contributed by atoms with Crippen LogP contribution in [0.15, 0.2) is 28.7 Å². The first-order chi connectivity index (χ1) is 9.75. The zero-order valence-electron chi connectivity index (χ0n) is 11.4. The highest BCUT2D eigenvalue weighted by Gasteiger charge is 2.22. The summed E-state index contributed by atoms with van der Waals surface area (Å²) >= 11 is 6.18. The normalized spacial score (nSPS) is 23.9. The fourth-order valence-electron chi connectivity index (χ4n) is 2.99. The third-order valence-corrected chi connectivity index (χ3v) is 4.47. The number of aliphatic hydroxyl groups is 1. The van der Waals surface area contributed by atoms with Gasteiger partial charge in [-0.25, -0.2) is 0 Å². The van der Waals surface area contributed by atoms with Gasteiger partial charge < -0.3 is 14.8 Å². The SMILES string of the molecule is OC1CCCCCC1NCc1c(Cl)oc2ccccc12. The number of hydrogen-bond acceptors (Lipinski definition) is 3. The van der Waals surface area contributed by atoms with E-state index in [0.717, 1.165) is 35.8 Å². The molecule has 0 bridgehead atoms. The number of benzene rings is 1. The van der Waals surface area contributed by atoms with Crippen LogP contribution in [0.25, 0.3) is 11.0 Å². The molecule has 0 saturated heterocycles. The van der Waals surface area contributed by atoms with Crippen molar-refractivity contribution < 1.29 is 9.52 Å². The molecular formula is C16H20ClNO2. The summed E-state index contributed by atoms with van der Waals surface area (Å²) in [4.78, 5) is 0. The molecule has 1 heterocycles. The van der Waals surface area contributed by atoms with Crippen LogP contribution in [-0.2, 0) is 6.54 Å². The molecule has 4 heteroatoms. The van der Waals surface area contributed by atoms with E-state index in [9.17, 15) is 5.11 Å². The minimum Gasteiger partial charge on any atom is -0.444 e. The lowest BCUT2D eigenvalue weighted by Gasteiger charge is -2.21. The van der Waals surface area contributed by atoms with Gasteiger partial charge in [0.2, 0.25) is 0 Å². The van der Waals surface area contributed by atoms with Gasteiger partial charge in [-0.15, -0.1) is 0 Å². The Labute approximate surface area is 123 Å². The summed E-state index contributed by atoms with van der Waals surface area (Å²) < 4.78 is 5.55. The van der Waals surface area contributed by atoms with Gasteiger partial charge in [0.1, 0.15) is 5.58 Å². The molecule has 0 radical (unpaired) electrons. The van der Waals surface area contributed by atoms with E-state index >= 15 is 0 Å². The van der Waals surface area contributed by atoms with Crippen LogP contribution >= 0.6 is 11.6 Å². The molecule has 1 saturated carbocycles. The second-order valence-electron chi connectivity index (χ2n) is 5.54. The number of halogens is 1. The van der Waals surface area contributed by atoms with Crippen molar-refractivity contribution in [3.63, 3.8) is 0 Å². The number of furan rings is 1. The summed E-state index contributed by atoms with van der Waals surface area (Å²) in [6, 6.07) is 8.02. The molecule has 1 aliphatic carbocycles. The van der Waals surface area contributed by atoms with Crippen LogP contribution in [0.1, 0.15) is 37.7 Å². The first kappa shape index (κ1) is 13.9. The molecule has 0 amide bonds. The lowest BCUT2D eigenvalue weighted by molar-refractivity contribution is 0.119. The largest absolute Gasteiger partial charge is 0.444 e. The van der Waals surface area contributed by atoms with Gasteiger partial charge in [0.05, 0.1) is 6.10 Å². The number of fused-ring (bicyclic) bond motifs is 1. The molecule has 1 aliphatic rings. The molecule has 2 aromatic rings. The predicted octanol–water partition coefficient (Wildman–Crippen LogP) is 3.87. The summed E-state index contributed by atoms with van der Waals surface area (Å²) in [5.74, 6) is 0. The van der Waals surface area contributed by atoms with Crippen LogP contribution in [0.4, 0.5) is 0 Å². The lowest BCUT2D eigenvalue weighted by Crippen LogP contribution is -2.38. The van der Waals surface area contributed by atoms with E-state index in [4.69, 9.17) is 16.0 Å². The zero-order valence-corrected chi connectivity index (χ0v) is 12.2. The quantitative estimate of drug-likeness (QED) is 0.845. The van der Waals surface area contributed by atoms with Gasteiger partial charge in [0.25, 0.3) is 0 Å². The van der Waals surface area contributed by atoms with Crippen LogP contribution in [0.2, 0.25) is 5.22 Å². The van der Waals surface area contributed by atoms with E-state index in [0.29, 0.717) is 11.8 Å². The molecule has 2 unspecified atom stereocenters. The second-order valence-corrected chi connectivity index (χ2v) is 5.89. The smallest absolute Gasteiger partial charge is 0.199 e. The van der Waals surface area contributed by atoms with Crippen LogP contribution in [0, 0.1) is 0 Å². The molecule has 1 fully saturated rings. The fraction of sp³-hybridized carbons (Fsp3) is 0.500. The lowest BCUT2D eigenvalue weighted by atomic mass is 10.1. The van der Waals surface area contributed by atoms with E-state index in [-0.39, 0.29) is 12.1 Å². The number of nitrogens with one attached hydrogen (secondary N) is 1. The minimum atomic E-state index is -0.255. The van der Waals surface area contributed by atoms with Crippen LogP contribution in [-0.4, -0.2) is 17.3 Å². The summed E-state index contributed by atoms with van der Waals surface area (Å²) in [6.07, 6.45) is 5.16. The highest BCUT2D eigenvalue weighted by molar-refractivity contribution is 6.30. The standard InChI is InChI=1S/C16H20ClNO2/c17-16-12(11-6-4-5-9-15(11)20-16)10-18-13-7-2-1-3-8-14(13)19/h4-6,9,13-14,18-19H,1-3,7-8,10H2. The molecule has 108 valence electrons. The van der Waals surface area contributed by atoms with Gasteiger partial charge >= 0.3 is 0 Å². The Morgan fingerprint density at radius 2 is 2.00 bits per heavy atom. The Kier molecular flexibility index (Phi) is 4.29. The molecule has 1 aromatic carbocycles. The maximum Gasteiger partial charge on any atom is 0.199 e. The van der Waals surface area contributed by atoms with Crippen LogP contribution in [0.3, 0.4) is 0 Å². The van der Waals surface area contributed by atoms with Gasteiger partial charge in [0, 0.05) is 23.5 Å². The first-order valence-corrected chi connectivity index (χ1v) is 7.71. The van der Waals surface area contributed by atoms with Crippen molar-refractivity contribution in [1.29, 1.82) is 0 Å². The van der Waals surface area contributed by atoms with Gasteiger partial charge in [-0.05, 0) is 30.5 Å². The summed E-state index contributed by atoms with van der Waals surface area (Å²) in [5.41, 5.74) is 1.80. The Hall–Kier alpha value is -1.03. The van der Waals surface area contributed by atoms with Gasteiger partial charge in [-0.2, -0.15) is 0 Å². The predicted molar refractivity (Wildman–Crippen MR) is 80.9 cm³/mol. The molecular weight excluding hydrogens is 274 g/mol. The van der Waals surface area contributed by atoms with Crippen molar-refractivity contribution in [3.8, 4) is 0 Å². The average molecular weight is 294 g/mol. The molecule has 3 rings (SSSR count). The fourth-order valence-corrected chi connectivity index (χ4v) is 3.24. The van der Waals surface area contributed by atoms with Gasteiger partial charge in [-0.3, -0.25) is 0 Å². The number of hydrogen-bond donors (Lipinski definition) is 2. The highest BCUT2D eigenvalue weighted by Crippen LogP contribution is 2.29. The first-order valence-electron chi connectivity index (χ1n) is 7.33. The van der Waals surface area contributed by atoms with Crippen molar-refractivity contribution in [2.24, 2.45) is 0 Å². The van der Waals surface area contributed by atoms with E-state index < -0.39 is 0 Å². The van der Waals surface area contributed by atoms with E-state index in [1.165, 1.54) is 12.8 Å². The Balaban J connectivity index is 1.74. The van der Waals surface area contributed by atoms with Crippen molar-refractivity contribution >= 4 is 22.6 Å². The summed E-state index contributed by atoms with van der Waals surface area (Å²) in [7, 11) is 0. The Morgan fingerprint density at radius 1 is 1.20 bits per heavy atom. The Bertz CT molecular complexity index is 581. The van der Waals surface area contributed by atoms with Crippen molar-refractivity contribution in [3.05, 3.63) is 35.0 Å². The van der Waals surface area contributed by atoms with Gasteiger partial charge in [0.15, 0.2) is 5.22 Å². The molecule has 3 nitrogen and oxygen atoms in total. The van der Waals surface area contributed by atoms with Crippen molar-refractivity contribution in [1.82, 2.24) is 5.32 Å². The molecule has 20 heavy (non-hydrogen) atoms. The van der Waals surface area contributed by atoms with Crippen molar-refractivity contribution in [2.45, 2.75) is 50.8 Å². The molecule has 0 spiro atoms. The maximum atomic E-state index is 10.1. The highest BCUT2D eigenvalue weighted by atomic mass is 35.5. The van der Waals surface area contributed by atoms with Crippen LogP contribution < -0.4 is 5.32 Å². The minimum absolute atomic E-state index is 0.155. The van der Waals surface area contributed by atoms with E-state index in [1.807, 2.05) is 24.3 Å². The third-order valence-electron chi connectivity index (χ3n) is 4.17. The number of aliphatic hydroxyl groups excluding tert-OH is 1. The monoisotopic (exact) mass is 293 g/mol. The van der Waals surface area contributed by atoms with Crippen LogP contribution in [0.5, 0.6) is 0 Å². The van der Waals surface area contributed by atoms with E-state index in [2.05, 4.69) is 5.32 Å². The third kappa shape index (κ3) is 2.85. The molecule has 2 N–H and O–H groups in total. The van der Waals surface area contributed by atoms with Crippen molar-refractivity contribution in [2.75, 3.05) is 0 Å². The summed E-state index contributed by atoms with van der Waals surface area (Å²) in [5, 5.41) is 15.1. The summed E-state index contributed by atoms with van der Waals surface area (Å²) in [6.45, 7) is 0.636. The topological polar surface area (TPSA) is 45.4 Å². The number of rotatable bonds is 3. The maximum absolute atomic E-state index is 10.1. The molecule has 2 atom stereocenters. The molecule has 1 aromatic heterocycles. The average Bonchev–Trinajstić information content (AvgIpc) is 2.62. The number of para-hydroxylation sites is 1. The van der Waals surface area contributed by atoms with E-state index in [1.54, 1.807) is 0 Å². The Morgan fingerprint density at radius 3 is 2.90 bits per heavy atom. The second kappa shape index (κ2) is 6.17. The van der Waals surface area contributed by atoms with Gasteiger partial charge in [-0.1, -0.05) is 37.5 Å².